The van der Waals surface area contributed by atoms with E-state index in [9.17, 15) is 4.57 Å². The molecule has 0 saturated heterocycles. The molecule has 0 spiro atoms. The molecule has 0 amide bonds. The molecule has 0 N–H and O–H groups in total. The van der Waals surface area contributed by atoms with Gasteiger partial charge in [0.1, 0.15) is 0 Å². The smallest absolute Gasteiger partial charge is 0.307 e. The number of hydrogen-bond donors (Lipinski definition) is 0. The number of hydrogen-bond acceptors (Lipinski definition) is 3. The molecule has 2 fully saturated rings. The fourth-order valence-corrected chi connectivity index (χ4v) is 5.87. The molecule has 142 valence electrons. The molecular weight excluding hydrogens is 319 g/mol. The number of rotatable bonds is 6. The normalized spacial score (nSPS) is 39.3. The van der Waals surface area contributed by atoms with Crippen LogP contribution in [-0.2, 0) is 13.6 Å². The predicted octanol–water partition coefficient (Wildman–Crippen LogP) is 6.33. The molecule has 2 rings (SSSR count). The lowest BCUT2D eigenvalue weighted by atomic mass is 9.75. The quantitative estimate of drug-likeness (QED) is 0.520. The van der Waals surface area contributed by atoms with E-state index in [0.29, 0.717) is 35.5 Å². The third-order valence-corrected chi connectivity index (χ3v) is 7.41. The highest BCUT2D eigenvalue weighted by molar-refractivity contribution is 7.33. The van der Waals surface area contributed by atoms with Crippen LogP contribution in [0, 0.1) is 35.5 Å². The van der Waals surface area contributed by atoms with Crippen LogP contribution < -0.4 is 0 Å². The van der Waals surface area contributed by atoms with Crippen LogP contribution in [0.5, 0.6) is 0 Å². The van der Waals surface area contributed by atoms with Gasteiger partial charge < -0.3 is 9.05 Å². The molecule has 3 nitrogen and oxygen atoms in total. The van der Waals surface area contributed by atoms with Crippen molar-refractivity contribution in [2.24, 2.45) is 35.5 Å². The van der Waals surface area contributed by atoms with Crippen molar-refractivity contribution in [3.05, 3.63) is 0 Å². The topological polar surface area (TPSA) is 35.5 Å². The lowest BCUT2D eigenvalue weighted by Crippen LogP contribution is -2.35. The van der Waals surface area contributed by atoms with Gasteiger partial charge in [-0.1, -0.05) is 54.4 Å². The average molecular weight is 359 g/mol. The second-order valence-corrected chi connectivity index (χ2v) is 10.2. The van der Waals surface area contributed by atoms with E-state index in [4.69, 9.17) is 9.05 Å². The largest absolute Gasteiger partial charge is 0.319 e. The summed E-state index contributed by atoms with van der Waals surface area (Å²) in [5.74, 6) is 3.52. The van der Waals surface area contributed by atoms with Gasteiger partial charge in [-0.25, -0.2) is 0 Å². The van der Waals surface area contributed by atoms with Crippen molar-refractivity contribution in [2.45, 2.75) is 92.3 Å². The van der Waals surface area contributed by atoms with Gasteiger partial charge in [0.25, 0.3) is 0 Å². The van der Waals surface area contributed by atoms with Gasteiger partial charge >= 0.3 is 8.25 Å². The molecule has 0 aromatic carbocycles. The molecule has 6 atom stereocenters. The van der Waals surface area contributed by atoms with Crippen LogP contribution in [0.1, 0.15) is 80.1 Å². The fraction of sp³-hybridized carbons (Fsp3) is 1.00. The maximum atomic E-state index is 12.7. The van der Waals surface area contributed by atoms with Crippen LogP contribution in [0.3, 0.4) is 0 Å². The minimum atomic E-state index is -2.41. The van der Waals surface area contributed by atoms with Gasteiger partial charge in [0.05, 0.1) is 12.2 Å². The molecule has 24 heavy (non-hydrogen) atoms. The van der Waals surface area contributed by atoms with E-state index >= 15 is 0 Å². The first-order chi connectivity index (χ1) is 11.3. The maximum absolute atomic E-state index is 12.7. The van der Waals surface area contributed by atoms with Gasteiger partial charge in [-0.05, 0) is 61.2 Å². The Labute approximate surface area is 150 Å². The monoisotopic (exact) mass is 358 g/mol. The minimum absolute atomic E-state index is 0.110. The van der Waals surface area contributed by atoms with Crippen molar-refractivity contribution in [1.29, 1.82) is 0 Å². The standard InChI is InChI=1S/C20H39O3P/c1-13(2)17-9-7-15(5)11-19(17)22-24(21)23-20-12-16(6)8-10-18(20)14(3)4/h13-20,24H,7-12H2,1-6H3/t15?,16?,17-,18-,19?,20?/m0/s1. The molecule has 4 unspecified atom stereocenters. The van der Waals surface area contributed by atoms with Gasteiger partial charge in [-0.2, -0.15) is 0 Å². The third kappa shape index (κ3) is 5.58. The van der Waals surface area contributed by atoms with Crippen LogP contribution in [0.2, 0.25) is 0 Å². The zero-order chi connectivity index (χ0) is 17.9. The Kier molecular flexibility index (Phi) is 7.84. The van der Waals surface area contributed by atoms with Crippen molar-refractivity contribution < 1.29 is 13.6 Å². The van der Waals surface area contributed by atoms with E-state index < -0.39 is 8.25 Å². The average Bonchev–Trinajstić information content (AvgIpc) is 2.46. The van der Waals surface area contributed by atoms with Gasteiger partial charge in [0.15, 0.2) is 0 Å². The van der Waals surface area contributed by atoms with E-state index in [-0.39, 0.29) is 12.2 Å². The Balaban J connectivity index is 1.94. The summed E-state index contributed by atoms with van der Waals surface area (Å²) in [6.07, 6.45) is 7.17. The Hall–Kier alpha value is 0.150. The molecule has 0 aromatic heterocycles. The minimum Gasteiger partial charge on any atom is -0.307 e. The van der Waals surface area contributed by atoms with Crippen LogP contribution in [0.15, 0.2) is 0 Å². The molecule has 0 heterocycles. The predicted molar refractivity (Wildman–Crippen MR) is 101 cm³/mol. The first kappa shape index (κ1) is 20.5. The third-order valence-electron chi connectivity index (χ3n) is 6.42. The highest BCUT2D eigenvalue weighted by Crippen LogP contribution is 2.44. The van der Waals surface area contributed by atoms with Crippen molar-refractivity contribution in [3.63, 3.8) is 0 Å². The summed E-state index contributed by atoms with van der Waals surface area (Å²) in [7, 11) is -2.41. The summed E-state index contributed by atoms with van der Waals surface area (Å²) in [5.41, 5.74) is 0. The van der Waals surface area contributed by atoms with Crippen LogP contribution in [0.4, 0.5) is 0 Å². The molecule has 0 bridgehead atoms. The second kappa shape index (κ2) is 9.19. The highest BCUT2D eigenvalue weighted by Gasteiger charge is 2.36. The van der Waals surface area contributed by atoms with E-state index in [2.05, 4.69) is 41.5 Å². The molecule has 0 radical (unpaired) electrons. The Morgan fingerprint density at radius 1 is 0.750 bits per heavy atom. The van der Waals surface area contributed by atoms with E-state index in [1.807, 2.05) is 0 Å². The molecular formula is C20H39O3P. The van der Waals surface area contributed by atoms with Gasteiger partial charge in [-0.15, -0.1) is 0 Å². The summed E-state index contributed by atoms with van der Waals surface area (Å²) < 4.78 is 24.7. The van der Waals surface area contributed by atoms with Crippen molar-refractivity contribution in [1.82, 2.24) is 0 Å². The van der Waals surface area contributed by atoms with Crippen LogP contribution in [-0.4, -0.2) is 12.2 Å². The van der Waals surface area contributed by atoms with E-state index in [1.165, 1.54) is 25.7 Å². The second-order valence-electron chi connectivity index (χ2n) is 9.21. The summed E-state index contributed by atoms with van der Waals surface area (Å²) >= 11 is 0. The van der Waals surface area contributed by atoms with Crippen LogP contribution in [0.25, 0.3) is 0 Å². The Morgan fingerprint density at radius 3 is 1.46 bits per heavy atom. The van der Waals surface area contributed by atoms with Gasteiger partial charge in [0, 0.05) is 0 Å². The summed E-state index contributed by atoms with van der Waals surface area (Å²) in [6, 6.07) is 0. The zero-order valence-electron chi connectivity index (χ0n) is 16.6. The van der Waals surface area contributed by atoms with Crippen molar-refractivity contribution in [3.8, 4) is 0 Å². The fourth-order valence-electron chi connectivity index (χ4n) is 4.78. The van der Waals surface area contributed by atoms with E-state index in [1.54, 1.807) is 0 Å². The van der Waals surface area contributed by atoms with Crippen molar-refractivity contribution >= 4 is 8.25 Å². The molecule has 2 aliphatic rings. The van der Waals surface area contributed by atoms with Crippen LogP contribution >= 0.6 is 8.25 Å². The Bertz CT molecular complexity index is 374. The van der Waals surface area contributed by atoms with E-state index in [0.717, 1.165) is 12.8 Å². The molecule has 2 saturated carbocycles. The lowest BCUT2D eigenvalue weighted by Gasteiger charge is -2.39. The molecule has 0 aliphatic heterocycles. The molecule has 4 heteroatoms. The first-order valence-electron chi connectivity index (χ1n) is 10.1. The summed E-state index contributed by atoms with van der Waals surface area (Å²) in [6.45, 7) is 13.6. The first-order valence-corrected chi connectivity index (χ1v) is 11.4. The zero-order valence-corrected chi connectivity index (χ0v) is 17.6. The summed E-state index contributed by atoms with van der Waals surface area (Å²) in [4.78, 5) is 0. The van der Waals surface area contributed by atoms with Crippen molar-refractivity contribution in [2.75, 3.05) is 0 Å². The summed E-state index contributed by atoms with van der Waals surface area (Å²) in [5, 5.41) is 0. The SMILES string of the molecule is CC1CC[C@@H](C(C)C)C(O[PH](=O)OC2CC(C)CC[C@H]2C(C)C)C1. The highest BCUT2D eigenvalue weighted by atomic mass is 31.1. The van der Waals surface area contributed by atoms with Gasteiger partial charge in [0.2, 0.25) is 0 Å². The lowest BCUT2D eigenvalue weighted by molar-refractivity contribution is 0.00532. The molecule has 2 aliphatic carbocycles. The molecule has 0 aromatic rings. The maximum Gasteiger partial charge on any atom is 0.319 e. The van der Waals surface area contributed by atoms with Gasteiger partial charge in [-0.3, -0.25) is 4.57 Å². The Morgan fingerprint density at radius 2 is 1.12 bits per heavy atom.